The van der Waals surface area contributed by atoms with Crippen LogP contribution in [-0.2, 0) is 4.79 Å². The van der Waals surface area contributed by atoms with E-state index in [1.54, 1.807) is 0 Å². The third kappa shape index (κ3) is 5.40. The predicted octanol–water partition coefficient (Wildman–Crippen LogP) is 2.48. The first-order valence-electron chi connectivity index (χ1n) is 6.65. The largest absolute Gasteiger partial charge is 0.330 e. The summed E-state index contributed by atoms with van der Waals surface area (Å²) in [7, 11) is 0. The van der Waals surface area contributed by atoms with E-state index < -0.39 is 0 Å². The van der Waals surface area contributed by atoms with Crippen molar-refractivity contribution in [1.29, 1.82) is 0 Å². The van der Waals surface area contributed by atoms with E-state index in [-0.39, 0.29) is 18.3 Å². The van der Waals surface area contributed by atoms with Crippen molar-refractivity contribution < 1.29 is 4.79 Å². The summed E-state index contributed by atoms with van der Waals surface area (Å²) in [5.41, 5.74) is 6.54. The van der Waals surface area contributed by atoms with Gasteiger partial charge in [-0.2, -0.15) is 0 Å². The van der Waals surface area contributed by atoms with Crippen molar-refractivity contribution in [2.24, 2.45) is 11.7 Å². The molecule has 2 rings (SSSR count). The SMILES string of the molecule is Cl.NCC1CCCN(CC(=O)Nc2ccc(Br)cc2)C1. The quantitative estimate of drug-likeness (QED) is 0.865. The van der Waals surface area contributed by atoms with Crippen LogP contribution in [0.5, 0.6) is 0 Å². The number of hydrogen-bond acceptors (Lipinski definition) is 3. The zero-order valence-corrected chi connectivity index (χ0v) is 13.8. The number of nitrogens with one attached hydrogen (secondary N) is 1. The summed E-state index contributed by atoms with van der Waals surface area (Å²) in [4.78, 5) is 14.2. The Kier molecular flexibility index (Phi) is 7.51. The van der Waals surface area contributed by atoms with Gasteiger partial charge in [-0.1, -0.05) is 15.9 Å². The lowest BCUT2D eigenvalue weighted by atomic mass is 9.98. The highest BCUT2D eigenvalue weighted by Crippen LogP contribution is 2.16. The molecule has 6 heteroatoms. The number of anilines is 1. The molecule has 0 bridgehead atoms. The number of piperidine rings is 1. The van der Waals surface area contributed by atoms with Crippen LogP contribution in [0.15, 0.2) is 28.7 Å². The van der Waals surface area contributed by atoms with Gasteiger partial charge in [-0.3, -0.25) is 9.69 Å². The summed E-state index contributed by atoms with van der Waals surface area (Å²) < 4.78 is 1.01. The summed E-state index contributed by atoms with van der Waals surface area (Å²) in [6.07, 6.45) is 2.31. The monoisotopic (exact) mass is 361 g/mol. The number of carbonyl (C=O) groups excluding carboxylic acids is 1. The minimum absolute atomic E-state index is 0. The molecule has 20 heavy (non-hydrogen) atoms. The minimum Gasteiger partial charge on any atom is -0.330 e. The lowest BCUT2D eigenvalue weighted by molar-refractivity contribution is -0.117. The maximum atomic E-state index is 12.0. The molecule has 1 aliphatic heterocycles. The van der Waals surface area contributed by atoms with Gasteiger partial charge < -0.3 is 11.1 Å². The van der Waals surface area contributed by atoms with Crippen molar-refractivity contribution in [3.05, 3.63) is 28.7 Å². The Morgan fingerprint density at radius 2 is 2.10 bits per heavy atom. The lowest BCUT2D eigenvalue weighted by Gasteiger charge is -2.31. The number of hydrogen-bond donors (Lipinski definition) is 2. The summed E-state index contributed by atoms with van der Waals surface area (Å²) in [6.45, 7) is 3.09. The third-order valence-electron chi connectivity index (χ3n) is 3.43. The van der Waals surface area contributed by atoms with E-state index in [0.29, 0.717) is 19.0 Å². The van der Waals surface area contributed by atoms with Crippen LogP contribution in [0, 0.1) is 5.92 Å². The molecule has 112 valence electrons. The Bertz CT molecular complexity index is 427. The van der Waals surface area contributed by atoms with E-state index >= 15 is 0 Å². The molecule has 1 amide bonds. The minimum atomic E-state index is 0. The molecule has 0 aromatic heterocycles. The lowest BCUT2D eigenvalue weighted by Crippen LogP contribution is -2.42. The van der Waals surface area contributed by atoms with E-state index in [4.69, 9.17) is 5.73 Å². The fraction of sp³-hybridized carbons (Fsp3) is 0.500. The van der Waals surface area contributed by atoms with Gasteiger partial charge in [0.1, 0.15) is 0 Å². The van der Waals surface area contributed by atoms with Gasteiger partial charge in [0.05, 0.1) is 6.54 Å². The van der Waals surface area contributed by atoms with Crippen LogP contribution in [0.3, 0.4) is 0 Å². The number of benzene rings is 1. The maximum absolute atomic E-state index is 12.0. The van der Waals surface area contributed by atoms with Crippen LogP contribution in [0.1, 0.15) is 12.8 Å². The molecule has 0 aliphatic carbocycles. The zero-order valence-electron chi connectivity index (χ0n) is 11.3. The highest BCUT2D eigenvalue weighted by atomic mass is 79.9. The standard InChI is InChI=1S/C14H20BrN3O.ClH/c15-12-3-5-13(6-4-12)17-14(19)10-18-7-1-2-11(8-16)9-18;/h3-6,11H,1-2,7-10,16H2,(H,17,19);1H. The molecular formula is C14H21BrClN3O. The second-order valence-electron chi connectivity index (χ2n) is 5.03. The fourth-order valence-electron chi connectivity index (χ4n) is 2.42. The number of nitrogens with two attached hydrogens (primary N) is 1. The van der Waals surface area contributed by atoms with E-state index in [1.807, 2.05) is 24.3 Å². The second kappa shape index (κ2) is 8.62. The van der Waals surface area contributed by atoms with Crippen molar-refractivity contribution >= 4 is 39.9 Å². The topological polar surface area (TPSA) is 58.4 Å². The normalized spacial score (nSPS) is 19.2. The van der Waals surface area contributed by atoms with Crippen LogP contribution in [0.4, 0.5) is 5.69 Å². The molecule has 1 atom stereocenters. The van der Waals surface area contributed by atoms with Gasteiger partial charge in [-0.25, -0.2) is 0 Å². The summed E-state index contributed by atoms with van der Waals surface area (Å²) in [6, 6.07) is 7.61. The third-order valence-corrected chi connectivity index (χ3v) is 3.96. The molecule has 0 spiro atoms. The molecular weight excluding hydrogens is 342 g/mol. The van der Waals surface area contributed by atoms with Crippen molar-refractivity contribution in [3.63, 3.8) is 0 Å². The van der Waals surface area contributed by atoms with Crippen molar-refractivity contribution in [2.45, 2.75) is 12.8 Å². The Morgan fingerprint density at radius 3 is 2.75 bits per heavy atom. The molecule has 0 radical (unpaired) electrons. The van der Waals surface area contributed by atoms with E-state index in [2.05, 4.69) is 26.1 Å². The van der Waals surface area contributed by atoms with Crippen LogP contribution < -0.4 is 11.1 Å². The highest BCUT2D eigenvalue weighted by molar-refractivity contribution is 9.10. The Hall–Kier alpha value is -0.620. The van der Waals surface area contributed by atoms with Crippen LogP contribution >= 0.6 is 28.3 Å². The van der Waals surface area contributed by atoms with Gasteiger partial charge in [0.25, 0.3) is 0 Å². The average Bonchev–Trinajstić information content (AvgIpc) is 2.41. The second-order valence-corrected chi connectivity index (χ2v) is 5.95. The molecule has 1 heterocycles. The first-order valence-corrected chi connectivity index (χ1v) is 7.44. The van der Waals surface area contributed by atoms with Gasteiger partial charge in [-0.15, -0.1) is 12.4 Å². The number of likely N-dealkylation sites (tertiary alicyclic amines) is 1. The first kappa shape index (κ1) is 17.4. The summed E-state index contributed by atoms with van der Waals surface area (Å²) >= 11 is 3.37. The zero-order chi connectivity index (χ0) is 13.7. The molecule has 1 unspecified atom stereocenters. The molecule has 1 fully saturated rings. The number of halogens is 2. The molecule has 0 saturated carbocycles. The predicted molar refractivity (Wildman–Crippen MR) is 88.2 cm³/mol. The first-order chi connectivity index (χ1) is 9.17. The van der Waals surface area contributed by atoms with Crippen LogP contribution in [-0.4, -0.2) is 37.0 Å². The van der Waals surface area contributed by atoms with Crippen molar-refractivity contribution in [2.75, 3.05) is 31.5 Å². The van der Waals surface area contributed by atoms with Crippen molar-refractivity contribution in [1.82, 2.24) is 4.90 Å². The number of rotatable bonds is 4. The number of amides is 1. The molecule has 4 nitrogen and oxygen atoms in total. The number of carbonyl (C=O) groups is 1. The summed E-state index contributed by atoms with van der Waals surface area (Å²) in [5.74, 6) is 0.578. The van der Waals surface area contributed by atoms with Crippen molar-refractivity contribution in [3.8, 4) is 0 Å². The van der Waals surface area contributed by atoms with Gasteiger partial charge >= 0.3 is 0 Å². The average molecular weight is 363 g/mol. The maximum Gasteiger partial charge on any atom is 0.238 e. The highest BCUT2D eigenvalue weighted by Gasteiger charge is 2.20. The molecule has 1 aromatic carbocycles. The van der Waals surface area contributed by atoms with Gasteiger partial charge in [0.2, 0.25) is 5.91 Å². The molecule has 1 aliphatic rings. The Morgan fingerprint density at radius 1 is 1.40 bits per heavy atom. The molecule has 3 N–H and O–H groups in total. The van der Waals surface area contributed by atoms with Crippen LogP contribution in [0.25, 0.3) is 0 Å². The van der Waals surface area contributed by atoms with E-state index in [0.717, 1.165) is 29.7 Å². The van der Waals surface area contributed by atoms with Gasteiger partial charge in [0.15, 0.2) is 0 Å². The smallest absolute Gasteiger partial charge is 0.238 e. The van der Waals surface area contributed by atoms with E-state index in [1.165, 1.54) is 6.42 Å². The van der Waals surface area contributed by atoms with Gasteiger partial charge in [-0.05, 0) is 56.1 Å². The fourth-order valence-corrected chi connectivity index (χ4v) is 2.69. The summed E-state index contributed by atoms with van der Waals surface area (Å²) in [5, 5.41) is 2.92. The molecule has 1 saturated heterocycles. The Labute approximate surface area is 134 Å². The van der Waals surface area contributed by atoms with Crippen LogP contribution in [0.2, 0.25) is 0 Å². The Balaban J connectivity index is 0.00000200. The molecule has 1 aromatic rings. The van der Waals surface area contributed by atoms with Gasteiger partial charge in [0, 0.05) is 16.7 Å². The van der Waals surface area contributed by atoms with E-state index in [9.17, 15) is 4.79 Å². The number of nitrogens with zero attached hydrogens (tertiary/aromatic N) is 1.